The number of nitrogens with zero attached hydrogens (tertiary/aromatic N) is 2. The van der Waals surface area contributed by atoms with E-state index in [1.54, 1.807) is 17.0 Å². The van der Waals surface area contributed by atoms with E-state index in [1.165, 1.54) is 12.4 Å². The van der Waals surface area contributed by atoms with Crippen LogP contribution < -0.4 is 0 Å². The van der Waals surface area contributed by atoms with Crippen LogP contribution in [0.15, 0.2) is 79.3 Å². The van der Waals surface area contributed by atoms with Crippen molar-refractivity contribution >= 4 is 28.4 Å². The Balaban J connectivity index is 1.51. The number of aromatic amines is 1. The van der Waals surface area contributed by atoms with Crippen LogP contribution in [-0.2, 0) is 22.4 Å². The van der Waals surface area contributed by atoms with E-state index in [1.807, 2.05) is 54.7 Å². The largest absolute Gasteiger partial charge is 0.361 e. The number of ketones is 2. The third-order valence-electron chi connectivity index (χ3n) is 6.68. The molecule has 2 aromatic heterocycles. The maximum atomic E-state index is 13.4. The van der Waals surface area contributed by atoms with Crippen LogP contribution in [0.1, 0.15) is 40.0 Å². The molecule has 3 heterocycles. The minimum atomic E-state index is -1.08. The van der Waals surface area contributed by atoms with Crippen LogP contribution in [0.4, 0.5) is 0 Å². The van der Waals surface area contributed by atoms with Crippen LogP contribution in [0.3, 0.4) is 0 Å². The molecule has 1 N–H and O–H groups in total. The van der Waals surface area contributed by atoms with Gasteiger partial charge in [0.25, 0.3) is 5.91 Å². The van der Waals surface area contributed by atoms with Crippen LogP contribution in [0, 0.1) is 5.92 Å². The summed E-state index contributed by atoms with van der Waals surface area (Å²) in [7, 11) is 0. The second kappa shape index (κ2) is 9.06. The summed E-state index contributed by atoms with van der Waals surface area (Å²) >= 11 is 0. The smallest absolute Gasteiger partial charge is 0.291 e. The van der Waals surface area contributed by atoms with Crippen molar-refractivity contribution in [3.63, 3.8) is 0 Å². The van der Waals surface area contributed by atoms with Gasteiger partial charge in [0.2, 0.25) is 5.78 Å². The third-order valence-corrected chi connectivity index (χ3v) is 6.68. The lowest BCUT2D eigenvalue weighted by Gasteiger charge is -2.27. The minimum Gasteiger partial charge on any atom is -0.361 e. The lowest BCUT2D eigenvalue weighted by atomic mass is 9.86. The average Bonchev–Trinajstić information content (AvgIpc) is 3.41. The molecule has 0 spiro atoms. The molecule has 2 aromatic carbocycles. The Morgan fingerprint density at radius 1 is 1.00 bits per heavy atom. The number of aryl methyl sites for hydroxylation is 1. The van der Waals surface area contributed by atoms with Gasteiger partial charge >= 0.3 is 0 Å². The molecule has 1 saturated heterocycles. The SMILES string of the molecule is CCc1ccc(C2C(C(=O)c3ccncc3)C(=O)C(=O)N2CCc2c[nH]c3ccccc23)cc1. The topological polar surface area (TPSA) is 83.1 Å². The van der Waals surface area contributed by atoms with E-state index in [0.29, 0.717) is 18.5 Å². The normalized spacial score (nSPS) is 18.1. The molecule has 0 bridgehead atoms. The van der Waals surface area contributed by atoms with Gasteiger partial charge in [0.05, 0.1) is 6.04 Å². The summed E-state index contributed by atoms with van der Waals surface area (Å²) in [5.74, 6) is -2.67. The Bertz CT molecular complexity index is 1360. The van der Waals surface area contributed by atoms with Crippen molar-refractivity contribution < 1.29 is 14.4 Å². The summed E-state index contributed by atoms with van der Waals surface area (Å²) in [6.07, 6.45) is 6.44. The van der Waals surface area contributed by atoms with Crippen molar-refractivity contribution in [3.8, 4) is 0 Å². The second-order valence-corrected chi connectivity index (χ2v) is 8.59. The van der Waals surface area contributed by atoms with E-state index in [2.05, 4.69) is 16.9 Å². The number of nitrogens with one attached hydrogen (secondary N) is 1. The zero-order valence-electron chi connectivity index (χ0n) is 18.9. The van der Waals surface area contributed by atoms with Gasteiger partial charge in [0.15, 0.2) is 5.78 Å². The zero-order valence-corrected chi connectivity index (χ0v) is 18.9. The van der Waals surface area contributed by atoms with Crippen LogP contribution in [0.2, 0.25) is 0 Å². The minimum absolute atomic E-state index is 0.340. The molecule has 2 atom stereocenters. The summed E-state index contributed by atoms with van der Waals surface area (Å²) in [5.41, 5.74) is 4.43. The first-order chi connectivity index (χ1) is 16.6. The highest BCUT2D eigenvalue weighted by molar-refractivity contribution is 6.44. The number of fused-ring (bicyclic) bond motifs is 1. The first kappa shape index (κ1) is 21.8. The number of rotatable bonds is 7. The number of para-hydroxylation sites is 1. The Labute approximate surface area is 197 Å². The van der Waals surface area contributed by atoms with Gasteiger partial charge in [-0.15, -0.1) is 0 Å². The van der Waals surface area contributed by atoms with Gasteiger partial charge in [0.1, 0.15) is 5.92 Å². The highest BCUT2D eigenvalue weighted by Crippen LogP contribution is 2.38. The number of likely N-dealkylation sites (tertiary alicyclic amines) is 1. The molecule has 0 radical (unpaired) electrons. The number of Topliss-reactive ketones (excluding diaryl/α,β-unsaturated/α-hetero) is 2. The molecule has 34 heavy (non-hydrogen) atoms. The van der Waals surface area contributed by atoms with Crippen molar-refractivity contribution in [2.45, 2.75) is 25.8 Å². The molecular weight excluding hydrogens is 426 g/mol. The van der Waals surface area contributed by atoms with Crippen LogP contribution in [0.25, 0.3) is 10.9 Å². The zero-order chi connectivity index (χ0) is 23.7. The predicted octanol–water partition coefficient (Wildman–Crippen LogP) is 4.32. The molecule has 6 nitrogen and oxygen atoms in total. The molecule has 0 saturated carbocycles. The maximum absolute atomic E-state index is 13.4. The van der Waals surface area contributed by atoms with Crippen LogP contribution in [-0.4, -0.2) is 38.9 Å². The number of benzene rings is 2. The van der Waals surface area contributed by atoms with E-state index in [9.17, 15) is 14.4 Å². The molecule has 1 fully saturated rings. The number of H-pyrrole nitrogens is 1. The van der Waals surface area contributed by atoms with Crippen LogP contribution in [0.5, 0.6) is 0 Å². The first-order valence-corrected chi connectivity index (χ1v) is 11.5. The van der Waals surface area contributed by atoms with Gasteiger partial charge in [0, 0.05) is 41.6 Å². The molecule has 1 amide bonds. The van der Waals surface area contributed by atoms with E-state index in [-0.39, 0.29) is 5.78 Å². The molecular formula is C28H25N3O3. The lowest BCUT2D eigenvalue weighted by molar-refractivity contribution is -0.140. The number of hydrogen-bond donors (Lipinski definition) is 1. The number of aromatic nitrogens is 2. The van der Waals surface area contributed by atoms with Gasteiger partial charge < -0.3 is 9.88 Å². The highest BCUT2D eigenvalue weighted by Gasteiger charge is 2.51. The lowest BCUT2D eigenvalue weighted by Crippen LogP contribution is -2.32. The Kier molecular flexibility index (Phi) is 5.80. The molecule has 5 rings (SSSR count). The first-order valence-electron chi connectivity index (χ1n) is 11.5. The summed E-state index contributed by atoms with van der Waals surface area (Å²) in [6, 6.07) is 18.4. The van der Waals surface area contributed by atoms with Gasteiger partial charge in [-0.3, -0.25) is 19.4 Å². The maximum Gasteiger partial charge on any atom is 0.291 e. The van der Waals surface area contributed by atoms with Crippen LogP contribution >= 0.6 is 0 Å². The third kappa shape index (κ3) is 3.81. The molecule has 0 aliphatic carbocycles. The van der Waals surface area contributed by atoms with Gasteiger partial charge in [-0.2, -0.15) is 0 Å². The fraction of sp³-hybridized carbons (Fsp3) is 0.214. The van der Waals surface area contributed by atoms with E-state index in [4.69, 9.17) is 0 Å². The summed E-state index contributed by atoms with van der Waals surface area (Å²) < 4.78 is 0. The van der Waals surface area contributed by atoms with Crippen molar-refractivity contribution in [2.75, 3.05) is 6.54 Å². The number of pyridine rings is 1. The van der Waals surface area contributed by atoms with Crippen molar-refractivity contribution in [2.24, 2.45) is 5.92 Å². The molecule has 1 aliphatic rings. The standard InChI is InChI=1S/C28H25N3O3/c1-2-18-7-9-19(10-8-18)25-24(26(32)20-11-14-29-15-12-20)27(33)28(34)31(25)16-13-21-17-30-23-6-4-3-5-22(21)23/h3-12,14-15,17,24-25,30H,2,13,16H2,1H3. The summed E-state index contributed by atoms with van der Waals surface area (Å²) in [6.45, 7) is 2.41. The Morgan fingerprint density at radius 2 is 1.74 bits per heavy atom. The fourth-order valence-corrected chi connectivity index (χ4v) is 4.83. The number of carbonyl (C=O) groups is 3. The molecule has 170 valence electrons. The molecule has 4 aromatic rings. The Hall–Kier alpha value is -4.06. The van der Waals surface area contributed by atoms with E-state index < -0.39 is 23.7 Å². The monoisotopic (exact) mass is 451 g/mol. The van der Waals surface area contributed by atoms with E-state index in [0.717, 1.165) is 34.0 Å². The second-order valence-electron chi connectivity index (χ2n) is 8.59. The molecule has 1 aliphatic heterocycles. The van der Waals surface area contributed by atoms with Gasteiger partial charge in [-0.1, -0.05) is 49.4 Å². The van der Waals surface area contributed by atoms with Crippen molar-refractivity contribution in [1.29, 1.82) is 0 Å². The average molecular weight is 452 g/mol. The van der Waals surface area contributed by atoms with Crippen molar-refractivity contribution in [1.82, 2.24) is 14.9 Å². The molecule has 6 heteroatoms. The fourth-order valence-electron chi connectivity index (χ4n) is 4.83. The van der Waals surface area contributed by atoms with Gasteiger partial charge in [-0.05, 0) is 47.7 Å². The quantitative estimate of drug-likeness (QED) is 0.258. The number of carbonyl (C=O) groups excluding carboxylic acids is 3. The van der Waals surface area contributed by atoms with E-state index >= 15 is 0 Å². The van der Waals surface area contributed by atoms with Crippen molar-refractivity contribution in [3.05, 3.63) is 102 Å². The number of hydrogen-bond acceptors (Lipinski definition) is 4. The molecule has 2 unspecified atom stereocenters. The summed E-state index contributed by atoms with van der Waals surface area (Å²) in [5, 5.41) is 1.09. The predicted molar refractivity (Wildman–Crippen MR) is 129 cm³/mol. The van der Waals surface area contributed by atoms with Gasteiger partial charge in [-0.25, -0.2) is 0 Å². The number of amides is 1. The highest BCUT2D eigenvalue weighted by atomic mass is 16.2. The summed E-state index contributed by atoms with van der Waals surface area (Å²) in [4.78, 5) is 48.6. The Morgan fingerprint density at radius 3 is 2.47 bits per heavy atom.